The first-order chi connectivity index (χ1) is 27.8. The molecule has 0 spiro atoms. The molecule has 3 aliphatic rings. The molecular formula is C46H63N5O6S. The number of aryl methyl sites for hydroxylation is 1. The van der Waals surface area contributed by atoms with Crippen LogP contribution in [-0.2, 0) is 22.6 Å². The maximum atomic E-state index is 14.8. The maximum Gasteiger partial charge on any atom is 0.357 e. The molecule has 1 aromatic heterocycles. The Hall–Kier alpha value is -3.84. The third kappa shape index (κ3) is 9.46. The van der Waals surface area contributed by atoms with Gasteiger partial charge in [0.1, 0.15) is 11.7 Å². The highest BCUT2D eigenvalue weighted by atomic mass is 32.2. The minimum absolute atomic E-state index is 0.157. The fourth-order valence-corrected chi connectivity index (χ4v) is 10.3. The fraction of sp³-hybridized carbons (Fsp3) is 0.587. The highest BCUT2D eigenvalue weighted by Gasteiger charge is 2.41. The molecule has 6 rings (SSSR count). The zero-order chi connectivity index (χ0) is 41.7. The van der Waals surface area contributed by atoms with Gasteiger partial charge in [0, 0.05) is 34.7 Å². The lowest BCUT2D eigenvalue weighted by molar-refractivity contribution is -0.150. The molecule has 2 aromatic carbocycles. The normalized spacial score (nSPS) is 23.1. The number of aliphatic hydroxyl groups is 3. The molecule has 4 atom stereocenters. The number of nitrogens with zero attached hydrogens (tertiary/aromatic N) is 5. The van der Waals surface area contributed by atoms with Crippen molar-refractivity contribution in [2.45, 2.75) is 136 Å². The second-order valence-electron chi connectivity index (χ2n) is 17.5. The van der Waals surface area contributed by atoms with Crippen molar-refractivity contribution in [2.75, 3.05) is 23.8 Å². The largest absolute Gasteiger partial charge is 0.458 e. The van der Waals surface area contributed by atoms with E-state index in [-0.39, 0.29) is 53.9 Å². The van der Waals surface area contributed by atoms with Crippen molar-refractivity contribution in [2.24, 2.45) is 28.7 Å². The predicted molar refractivity (Wildman–Crippen MR) is 232 cm³/mol. The van der Waals surface area contributed by atoms with E-state index < -0.39 is 17.8 Å². The van der Waals surface area contributed by atoms with Gasteiger partial charge in [-0.2, -0.15) is 4.98 Å². The van der Waals surface area contributed by atoms with E-state index in [1.165, 1.54) is 16.3 Å². The highest BCUT2D eigenvalue weighted by Crippen LogP contribution is 2.43. The number of aliphatic imine (C=N–C) groups is 1. The number of aromatic nitrogens is 3. The molecule has 3 aromatic rings. The van der Waals surface area contributed by atoms with Crippen molar-refractivity contribution in [1.29, 1.82) is 0 Å². The smallest absolute Gasteiger partial charge is 0.357 e. The number of carbonyl (C=O) groups is 1. The van der Waals surface area contributed by atoms with Gasteiger partial charge in [0.15, 0.2) is 16.8 Å². The molecule has 0 saturated heterocycles. The molecule has 3 heterocycles. The molecule has 1 fully saturated rings. The Morgan fingerprint density at radius 3 is 2.43 bits per heavy atom. The summed E-state index contributed by atoms with van der Waals surface area (Å²) in [5, 5.41) is 30.9. The predicted octanol–water partition coefficient (Wildman–Crippen LogP) is 7.83. The van der Waals surface area contributed by atoms with E-state index in [1.54, 1.807) is 0 Å². The Morgan fingerprint density at radius 1 is 1.05 bits per heavy atom. The number of rotatable bonds is 16. The number of allylic oxidation sites excluding steroid dienone is 1. The second kappa shape index (κ2) is 19.0. The van der Waals surface area contributed by atoms with E-state index in [0.717, 1.165) is 68.4 Å². The maximum absolute atomic E-state index is 14.8. The minimum atomic E-state index is -0.836. The molecule has 58 heavy (non-hydrogen) atoms. The van der Waals surface area contributed by atoms with Gasteiger partial charge in [0.05, 0.1) is 25.0 Å². The number of ether oxygens (including phenoxy) is 1. The lowest BCUT2D eigenvalue weighted by Gasteiger charge is -2.46. The molecule has 0 radical (unpaired) electrons. The first-order valence-corrected chi connectivity index (χ1v) is 22.4. The van der Waals surface area contributed by atoms with Gasteiger partial charge in [-0.05, 0) is 99.3 Å². The Morgan fingerprint density at radius 2 is 1.78 bits per heavy atom. The van der Waals surface area contributed by atoms with Gasteiger partial charge in [-0.15, -0.1) is 0 Å². The Bertz CT molecular complexity index is 2040. The van der Waals surface area contributed by atoms with E-state index in [1.807, 2.05) is 42.5 Å². The second-order valence-corrected chi connectivity index (χ2v) is 18.5. The number of fused-ring (bicyclic) bond motifs is 2. The summed E-state index contributed by atoms with van der Waals surface area (Å²) in [7, 11) is 0. The number of aliphatic hydroxyl groups excluding tert-OH is 3. The summed E-state index contributed by atoms with van der Waals surface area (Å²) in [4.78, 5) is 46.1. The van der Waals surface area contributed by atoms with Gasteiger partial charge < -0.3 is 25.0 Å². The van der Waals surface area contributed by atoms with E-state index in [0.29, 0.717) is 52.3 Å². The summed E-state index contributed by atoms with van der Waals surface area (Å²) in [6.45, 7) is 15.1. The highest BCUT2D eigenvalue weighted by molar-refractivity contribution is 7.99. The standard InChI is InChI=1S/C46H63N5O6S/c1-8-10-14-31(9-2)27-58-44-48-42-39(43(55)57-40-29(4)21-28(3)22-30(40)5)38(32-15-12-11-13-16-32)41(51(42)45(56)49-44)47-36-23-33-17-19-46(6,7)50(20-18-35(54)26-53)37(33)24-34(36)25-52/h11-13,15-16,23-24,28-31,35,40,52-54H,8-10,14,17-22,25-27H2,1-7H3. The third-order valence-electron chi connectivity index (χ3n) is 12.5. The third-order valence-corrected chi connectivity index (χ3v) is 13.6. The number of unbranched alkanes of at least 4 members (excludes halogenated alkanes) is 1. The molecule has 0 amide bonds. The van der Waals surface area contributed by atoms with Gasteiger partial charge in [0.25, 0.3) is 0 Å². The van der Waals surface area contributed by atoms with Crippen molar-refractivity contribution in [1.82, 2.24) is 14.5 Å². The van der Waals surface area contributed by atoms with Crippen LogP contribution in [0.25, 0.3) is 11.1 Å². The molecule has 1 aliphatic carbocycles. The summed E-state index contributed by atoms with van der Waals surface area (Å²) in [5.41, 5.74) is 3.42. The monoisotopic (exact) mass is 813 g/mol. The molecule has 11 nitrogen and oxygen atoms in total. The van der Waals surface area contributed by atoms with Crippen molar-refractivity contribution >= 4 is 46.1 Å². The molecule has 0 bridgehead atoms. The van der Waals surface area contributed by atoms with Crippen molar-refractivity contribution in [3.63, 3.8) is 0 Å². The van der Waals surface area contributed by atoms with Crippen LogP contribution in [0.15, 0.2) is 57.4 Å². The number of benzene rings is 2. The van der Waals surface area contributed by atoms with Gasteiger partial charge in [-0.25, -0.2) is 24.1 Å². The number of anilines is 1. The number of esters is 1. The molecule has 4 unspecified atom stereocenters. The number of hydrogen-bond donors (Lipinski definition) is 3. The Labute approximate surface area is 348 Å². The average molecular weight is 814 g/mol. The Kier molecular flexibility index (Phi) is 14.4. The first-order valence-electron chi connectivity index (χ1n) is 21.4. The number of carbonyl (C=O) groups excluding carboxylic acids is 1. The fourth-order valence-electron chi connectivity index (χ4n) is 9.18. The number of hydrogen-bond acceptors (Lipinski definition) is 11. The summed E-state index contributed by atoms with van der Waals surface area (Å²) in [6, 6.07) is 13.4. The number of thioether (sulfide) groups is 1. The van der Waals surface area contributed by atoms with Crippen molar-refractivity contribution < 1.29 is 24.9 Å². The van der Waals surface area contributed by atoms with Gasteiger partial charge in [0.2, 0.25) is 0 Å². The molecule has 314 valence electrons. The van der Waals surface area contributed by atoms with Crippen LogP contribution in [0.2, 0.25) is 0 Å². The lowest BCUT2D eigenvalue weighted by Crippen LogP contribution is -2.48. The van der Waals surface area contributed by atoms with Crippen LogP contribution in [0, 0.1) is 23.7 Å². The topological polar surface area (TPSA) is 150 Å². The zero-order valence-electron chi connectivity index (χ0n) is 35.4. The quantitative estimate of drug-likeness (QED) is 0.0965. The van der Waals surface area contributed by atoms with E-state index >= 15 is 0 Å². The summed E-state index contributed by atoms with van der Waals surface area (Å²) in [6.07, 6.45) is 7.07. The molecule has 12 heteroatoms. The summed E-state index contributed by atoms with van der Waals surface area (Å²) in [5.74, 6) is 1.87. The molecule has 3 N–H and O–H groups in total. The molecule has 2 aliphatic heterocycles. The van der Waals surface area contributed by atoms with Crippen LogP contribution in [0.1, 0.15) is 122 Å². The van der Waals surface area contributed by atoms with E-state index in [9.17, 15) is 24.9 Å². The summed E-state index contributed by atoms with van der Waals surface area (Å²) < 4.78 is 7.83. The minimum Gasteiger partial charge on any atom is -0.458 e. The van der Waals surface area contributed by atoms with E-state index in [2.05, 4.69) is 58.4 Å². The van der Waals surface area contributed by atoms with Crippen LogP contribution in [0.3, 0.4) is 0 Å². The molecular weight excluding hydrogens is 751 g/mol. The van der Waals surface area contributed by atoms with Crippen molar-refractivity contribution in [3.05, 3.63) is 75.5 Å². The van der Waals surface area contributed by atoms with Crippen LogP contribution in [0.4, 0.5) is 11.4 Å². The summed E-state index contributed by atoms with van der Waals surface area (Å²) >= 11 is 1.45. The molecule has 1 saturated carbocycles. The van der Waals surface area contributed by atoms with Crippen LogP contribution >= 0.6 is 11.8 Å². The first kappa shape index (κ1) is 43.7. The average Bonchev–Trinajstić information content (AvgIpc) is 3.52. The lowest BCUT2D eigenvalue weighted by atomic mass is 9.75. The van der Waals surface area contributed by atoms with E-state index in [4.69, 9.17) is 14.7 Å². The van der Waals surface area contributed by atoms with Gasteiger partial charge in [-0.3, -0.25) is 0 Å². The van der Waals surface area contributed by atoms with Crippen LogP contribution in [-0.4, -0.2) is 78.3 Å². The Balaban J connectivity index is 1.53. The van der Waals surface area contributed by atoms with Crippen LogP contribution in [0.5, 0.6) is 0 Å². The van der Waals surface area contributed by atoms with Gasteiger partial charge in [-0.1, -0.05) is 96.0 Å². The van der Waals surface area contributed by atoms with Crippen LogP contribution < -0.4 is 10.6 Å². The van der Waals surface area contributed by atoms with Gasteiger partial charge >= 0.3 is 11.7 Å². The van der Waals surface area contributed by atoms with Crippen molar-refractivity contribution in [3.8, 4) is 0 Å². The zero-order valence-corrected chi connectivity index (χ0v) is 36.2. The SMILES string of the molecule is CCCCC(CC)CSc1nc2n(c(=O)n1)C(=Nc1cc3c(cc1CO)N(CCC(O)CO)C(C)(C)CC3)C(c1ccccc1)=C2C(=O)OC1C(C)CC(C)CC1C.